The maximum Gasteiger partial charge on any atom is 0.154 e. The van der Waals surface area contributed by atoms with Crippen LogP contribution in [0.2, 0.25) is 0 Å². The van der Waals surface area contributed by atoms with Gasteiger partial charge in [0.1, 0.15) is 11.2 Å². The van der Waals surface area contributed by atoms with Crippen LogP contribution in [0.1, 0.15) is 30.7 Å². The van der Waals surface area contributed by atoms with Gasteiger partial charge in [0, 0.05) is 36.7 Å². The Balaban J connectivity index is 0.000000171. The minimum Gasteiger partial charge on any atom is -0.398 e. The van der Waals surface area contributed by atoms with E-state index in [0.717, 1.165) is 28.0 Å². The largest absolute Gasteiger partial charge is 0.398 e. The molecule has 3 heterocycles. The molecule has 1 aromatic carbocycles. The number of nitrogens with zero attached hydrogens (tertiary/aromatic N) is 4. The number of rotatable bonds is 0. The molecule has 0 spiro atoms. The Labute approximate surface area is 153 Å². The molecule has 6 heteroatoms. The van der Waals surface area contributed by atoms with Crippen LogP contribution in [0.15, 0.2) is 36.8 Å². The molecule has 0 aliphatic carbocycles. The molecular weight excluding hydrogens is 329 g/mol. The van der Waals surface area contributed by atoms with Crippen molar-refractivity contribution < 1.29 is 4.39 Å². The first-order valence-corrected chi connectivity index (χ1v) is 8.65. The quantitative estimate of drug-likeness (QED) is 0.502. The number of halogens is 1. The summed E-state index contributed by atoms with van der Waals surface area (Å²) in [6.07, 6.45) is 5.65. The van der Waals surface area contributed by atoms with Crippen molar-refractivity contribution in [2.45, 2.75) is 34.6 Å². The number of aromatic nitrogens is 4. The average molecular weight is 355 g/mol. The van der Waals surface area contributed by atoms with E-state index in [0.29, 0.717) is 11.1 Å². The van der Waals surface area contributed by atoms with Crippen molar-refractivity contribution in [3.05, 3.63) is 59.4 Å². The Morgan fingerprint density at radius 2 is 1.69 bits per heavy atom. The first kappa shape index (κ1) is 19.4. The van der Waals surface area contributed by atoms with Crippen molar-refractivity contribution in [1.82, 2.24) is 19.2 Å². The van der Waals surface area contributed by atoms with E-state index >= 15 is 0 Å². The van der Waals surface area contributed by atoms with Gasteiger partial charge in [-0.3, -0.25) is 4.68 Å². The lowest BCUT2D eigenvalue weighted by atomic mass is 10.2. The Morgan fingerprint density at radius 3 is 2.38 bits per heavy atom. The number of benzene rings is 1. The Hall–Kier alpha value is -2.89. The van der Waals surface area contributed by atoms with Crippen molar-refractivity contribution in [3.8, 4) is 0 Å². The number of imidazole rings is 1. The molecule has 3 aromatic heterocycles. The van der Waals surface area contributed by atoms with Crippen LogP contribution in [0, 0.1) is 26.6 Å². The van der Waals surface area contributed by atoms with Crippen molar-refractivity contribution in [2.24, 2.45) is 7.05 Å². The number of pyridine rings is 1. The van der Waals surface area contributed by atoms with E-state index in [9.17, 15) is 4.39 Å². The highest BCUT2D eigenvalue weighted by Crippen LogP contribution is 2.18. The predicted molar refractivity (Wildman–Crippen MR) is 106 cm³/mol. The van der Waals surface area contributed by atoms with Crippen molar-refractivity contribution >= 4 is 22.2 Å². The van der Waals surface area contributed by atoms with Crippen LogP contribution in [0.3, 0.4) is 0 Å². The number of hydrogen-bond acceptors (Lipinski definition) is 3. The molecule has 0 saturated heterocycles. The Bertz CT molecular complexity index is 1030. The molecule has 0 atom stereocenters. The number of nitrogens with two attached hydrogens (primary N) is 1. The zero-order chi connectivity index (χ0) is 19.4. The first-order chi connectivity index (χ1) is 12.3. The summed E-state index contributed by atoms with van der Waals surface area (Å²) >= 11 is 0. The monoisotopic (exact) mass is 355 g/mol. The number of hydrogen-bond donors (Lipinski definition) is 1. The fraction of sp³-hybridized carbons (Fsp3) is 0.300. The number of anilines is 1. The highest BCUT2D eigenvalue weighted by atomic mass is 19.1. The van der Waals surface area contributed by atoms with E-state index in [1.165, 1.54) is 0 Å². The highest BCUT2D eigenvalue weighted by molar-refractivity contribution is 5.79. The zero-order valence-electron chi connectivity index (χ0n) is 16.2. The third kappa shape index (κ3) is 4.02. The maximum absolute atomic E-state index is 13.3. The normalized spacial score (nSPS) is 10.3. The molecule has 0 aliphatic rings. The van der Waals surface area contributed by atoms with Gasteiger partial charge in [-0.05, 0) is 38.0 Å². The second kappa shape index (κ2) is 7.99. The van der Waals surface area contributed by atoms with Crippen LogP contribution >= 0.6 is 0 Å². The van der Waals surface area contributed by atoms with E-state index in [-0.39, 0.29) is 5.82 Å². The smallest absolute Gasteiger partial charge is 0.154 e. The van der Waals surface area contributed by atoms with Crippen molar-refractivity contribution in [1.29, 1.82) is 0 Å². The van der Waals surface area contributed by atoms with Crippen LogP contribution < -0.4 is 5.73 Å². The lowest BCUT2D eigenvalue weighted by Gasteiger charge is -1.98. The molecule has 5 nitrogen and oxygen atoms in total. The van der Waals surface area contributed by atoms with Crippen LogP contribution in [-0.2, 0) is 7.05 Å². The van der Waals surface area contributed by atoms with E-state index in [2.05, 4.69) is 10.1 Å². The fourth-order valence-corrected chi connectivity index (χ4v) is 2.69. The highest BCUT2D eigenvalue weighted by Gasteiger charge is 2.06. The van der Waals surface area contributed by atoms with Crippen LogP contribution in [0.5, 0.6) is 0 Å². The zero-order valence-corrected chi connectivity index (χ0v) is 16.2. The average Bonchev–Trinajstić information content (AvgIpc) is 3.16. The molecular formula is C20H26FN5. The standard InChI is InChI=1S/C9H9FN2.C9H11N3.C2H6/c1-6-3-4-7-5-12(2)11-9(7)8(6)10;1-6-3-8(10)5-12-4-7(2)11-9(6)12;1-2/h3-5H,1-2H3;3-5H,10H2,1-2H3;1-2H3. The van der Waals surface area contributed by atoms with Gasteiger partial charge in [0.15, 0.2) is 5.82 Å². The first-order valence-electron chi connectivity index (χ1n) is 8.65. The summed E-state index contributed by atoms with van der Waals surface area (Å²) in [5.41, 5.74) is 10.7. The number of fused-ring (bicyclic) bond motifs is 2. The molecule has 4 aromatic rings. The molecule has 0 unspecified atom stereocenters. The van der Waals surface area contributed by atoms with E-state index in [1.54, 1.807) is 30.9 Å². The van der Waals surface area contributed by atoms with Gasteiger partial charge in [-0.15, -0.1) is 0 Å². The molecule has 2 N–H and O–H groups in total. The van der Waals surface area contributed by atoms with Gasteiger partial charge in [0.05, 0.1) is 5.69 Å². The van der Waals surface area contributed by atoms with Gasteiger partial charge < -0.3 is 10.1 Å². The van der Waals surface area contributed by atoms with Crippen molar-refractivity contribution in [3.63, 3.8) is 0 Å². The van der Waals surface area contributed by atoms with Gasteiger partial charge >= 0.3 is 0 Å². The summed E-state index contributed by atoms with van der Waals surface area (Å²) in [7, 11) is 1.79. The second-order valence-electron chi connectivity index (χ2n) is 6.01. The van der Waals surface area contributed by atoms with E-state index in [1.807, 2.05) is 56.6 Å². The summed E-state index contributed by atoms with van der Waals surface area (Å²) in [5, 5.41) is 4.86. The molecule has 4 rings (SSSR count). The van der Waals surface area contributed by atoms with Gasteiger partial charge in [0.25, 0.3) is 0 Å². The summed E-state index contributed by atoms with van der Waals surface area (Å²) in [6, 6.07) is 5.57. The molecule has 26 heavy (non-hydrogen) atoms. The lowest BCUT2D eigenvalue weighted by Crippen LogP contribution is -1.92. The predicted octanol–water partition coefficient (Wildman–Crippen LogP) is 4.58. The molecule has 0 bridgehead atoms. The van der Waals surface area contributed by atoms with Crippen LogP contribution in [0.4, 0.5) is 10.1 Å². The molecule has 0 radical (unpaired) electrons. The van der Waals surface area contributed by atoms with Gasteiger partial charge in [-0.1, -0.05) is 26.0 Å². The number of aryl methyl sites for hydroxylation is 4. The van der Waals surface area contributed by atoms with E-state index < -0.39 is 0 Å². The summed E-state index contributed by atoms with van der Waals surface area (Å²) in [6.45, 7) is 9.73. The Kier molecular flexibility index (Phi) is 5.97. The van der Waals surface area contributed by atoms with Crippen LogP contribution in [0.25, 0.3) is 16.6 Å². The number of nitrogen functional groups attached to an aromatic ring is 1. The summed E-state index contributed by atoms with van der Waals surface area (Å²) in [4.78, 5) is 4.36. The molecule has 0 saturated carbocycles. The molecule has 0 fully saturated rings. The SMILES string of the molecule is CC.Cc1ccc2cn(C)nc2c1F.Cc1cn2cc(N)cc(C)c2n1. The summed E-state index contributed by atoms with van der Waals surface area (Å²) in [5.74, 6) is -0.215. The maximum atomic E-state index is 13.3. The topological polar surface area (TPSA) is 61.1 Å². The van der Waals surface area contributed by atoms with Crippen LogP contribution in [-0.4, -0.2) is 19.2 Å². The summed E-state index contributed by atoms with van der Waals surface area (Å²) < 4.78 is 16.9. The minimum atomic E-state index is -0.215. The van der Waals surface area contributed by atoms with Gasteiger partial charge in [-0.2, -0.15) is 5.10 Å². The third-order valence-electron chi connectivity index (χ3n) is 3.80. The van der Waals surface area contributed by atoms with Crippen molar-refractivity contribution in [2.75, 3.05) is 5.73 Å². The fourth-order valence-electron chi connectivity index (χ4n) is 2.69. The second-order valence-corrected chi connectivity index (χ2v) is 6.01. The Morgan fingerprint density at radius 1 is 1.00 bits per heavy atom. The van der Waals surface area contributed by atoms with Gasteiger partial charge in [0.2, 0.25) is 0 Å². The van der Waals surface area contributed by atoms with Gasteiger partial charge in [-0.25, -0.2) is 9.37 Å². The minimum absolute atomic E-state index is 0.215. The van der Waals surface area contributed by atoms with E-state index in [4.69, 9.17) is 5.73 Å². The molecule has 138 valence electrons. The lowest BCUT2D eigenvalue weighted by molar-refractivity contribution is 0.623. The molecule has 0 amide bonds. The molecule has 0 aliphatic heterocycles. The third-order valence-corrected chi connectivity index (χ3v) is 3.80.